The van der Waals surface area contributed by atoms with E-state index in [0.717, 1.165) is 0 Å². The molecule has 0 aliphatic carbocycles. The first-order valence-corrected chi connectivity index (χ1v) is 5.31. The summed E-state index contributed by atoms with van der Waals surface area (Å²) in [6.45, 7) is 0. The van der Waals surface area contributed by atoms with Crippen LogP contribution in [-0.2, 0) is 0 Å². The van der Waals surface area contributed by atoms with Crippen molar-refractivity contribution < 1.29 is 14.6 Å². The summed E-state index contributed by atoms with van der Waals surface area (Å²) in [5.41, 5.74) is 0.364. The molecule has 1 N–H and O–H groups in total. The van der Waals surface area contributed by atoms with Crippen molar-refractivity contribution >= 4 is 18.3 Å². The molecule has 0 aliphatic rings. The van der Waals surface area contributed by atoms with Crippen molar-refractivity contribution in [3.05, 3.63) is 64.7 Å². The lowest BCUT2D eigenvalue weighted by Gasteiger charge is -2.09. The molecule has 5 nitrogen and oxygen atoms in total. The van der Waals surface area contributed by atoms with E-state index in [-0.39, 0.29) is 11.4 Å². The maximum absolute atomic E-state index is 10.8. The molecule has 0 unspecified atom stereocenters. The first kappa shape index (κ1) is 12.1. The number of para-hydroxylation sites is 2. The van der Waals surface area contributed by atoms with Gasteiger partial charge >= 0.3 is 12.8 Å². The van der Waals surface area contributed by atoms with Crippen LogP contribution in [0.2, 0.25) is 0 Å². The van der Waals surface area contributed by atoms with Crippen molar-refractivity contribution in [2.24, 2.45) is 0 Å². The van der Waals surface area contributed by atoms with Gasteiger partial charge in [-0.3, -0.25) is 10.1 Å². The number of hydrogen-bond acceptors (Lipinski definition) is 4. The molecule has 2 rings (SSSR count). The summed E-state index contributed by atoms with van der Waals surface area (Å²) in [7, 11) is -1.23. The second-order valence-corrected chi connectivity index (χ2v) is 3.61. The fourth-order valence-corrected chi connectivity index (χ4v) is 1.51. The van der Waals surface area contributed by atoms with Crippen molar-refractivity contribution in [3.8, 4) is 5.75 Å². The van der Waals surface area contributed by atoms with Crippen LogP contribution in [0.3, 0.4) is 0 Å². The van der Waals surface area contributed by atoms with Crippen LogP contribution in [0.5, 0.6) is 5.75 Å². The number of nitro groups is 1. The van der Waals surface area contributed by atoms with Crippen LogP contribution >= 0.6 is 0 Å². The molecule has 0 aromatic heterocycles. The molecule has 0 fully saturated rings. The third-order valence-electron chi connectivity index (χ3n) is 2.39. The van der Waals surface area contributed by atoms with Crippen molar-refractivity contribution in [1.29, 1.82) is 0 Å². The van der Waals surface area contributed by atoms with Gasteiger partial charge in [-0.1, -0.05) is 42.5 Å². The van der Waals surface area contributed by atoms with Crippen LogP contribution < -0.4 is 10.1 Å². The zero-order valence-corrected chi connectivity index (χ0v) is 9.39. The standard InChI is InChI=1S/C12H10BNO4/c15-13(10-6-2-1-3-7-10)18-12-9-5-4-8-11(12)14(16)17/h1-9,15H. The SMILES string of the molecule is O=[N+]([O-])c1ccccc1OB(O)c1ccccc1. The molecule has 6 heteroatoms. The summed E-state index contributed by atoms with van der Waals surface area (Å²) in [6, 6.07) is 14.6. The Hall–Kier alpha value is -2.34. The van der Waals surface area contributed by atoms with Crippen molar-refractivity contribution in [2.75, 3.05) is 0 Å². The average molecular weight is 243 g/mol. The third-order valence-corrected chi connectivity index (χ3v) is 2.39. The first-order valence-electron chi connectivity index (χ1n) is 5.31. The van der Waals surface area contributed by atoms with Gasteiger partial charge in [0.15, 0.2) is 5.75 Å². The Morgan fingerprint density at radius 2 is 1.67 bits per heavy atom. The van der Waals surface area contributed by atoms with Gasteiger partial charge in [-0.25, -0.2) is 0 Å². The molecular formula is C12H10BNO4. The lowest BCUT2D eigenvalue weighted by atomic mass is 9.79. The summed E-state index contributed by atoms with van der Waals surface area (Å²) in [5, 5.41) is 20.6. The van der Waals surface area contributed by atoms with E-state index in [1.807, 2.05) is 0 Å². The molecule has 2 aromatic carbocycles. The predicted octanol–water partition coefficient (Wildman–Crippen LogP) is 1.36. The van der Waals surface area contributed by atoms with E-state index in [4.69, 9.17) is 4.65 Å². The van der Waals surface area contributed by atoms with Crippen molar-refractivity contribution in [3.63, 3.8) is 0 Å². The smallest absolute Gasteiger partial charge is 0.528 e. The molecule has 18 heavy (non-hydrogen) atoms. The molecule has 0 saturated heterocycles. The Morgan fingerprint density at radius 1 is 1.06 bits per heavy atom. The van der Waals surface area contributed by atoms with E-state index in [1.165, 1.54) is 12.1 Å². The average Bonchev–Trinajstić information content (AvgIpc) is 2.40. The van der Waals surface area contributed by atoms with Gasteiger partial charge in [0.25, 0.3) is 0 Å². The first-order chi connectivity index (χ1) is 8.68. The van der Waals surface area contributed by atoms with E-state index in [9.17, 15) is 15.1 Å². The van der Waals surface area contributed by atoms with Crippen LogP contribution in [0.1, 0.15) is 0 Å². The van der Waals surface area contributed by atoms with Gasteiger partial charge < -0.3 is 9.68 Å². The molecule has 0 bridgehead atoms. The van der Waals surface area contributed by atoms with Gasteiger partial charge in [-0.2, -0.15) is 0 Å². The van der Waals surface area contributed by atoms with Gasteiger partial charge in [-0.05, 0) is 11.5 Å². The van der Waals surface area contributed by atoms with Crippen LogP contribution in [0, 0.1) is 10.1 Å². The summed E-state index contributed by atoms with van der Waals surface area (Å²) < 4.78 is 5.21. The maximum Gasteiger partial charge on any atom is 0.560 e. The van der Waals surface area contributed by atoms with Crippen LogP contribution in [0.4, 0.5) is 5.69 Å². The summed E-state index contributed by atoms with van der Waals surface area (Å²) in [6.07, 6.45) is 0. The quantitative estimate of drug-likeness (QED) is 0.499. The second kappa shape index (κ2) is 5.33. The fourth-order valence-electron chi connectivity index (χ4n) is 1.51. The van der Waals surface area contributed by atoms with Gasteiger partial charge in [-0.15, -0.1) is 0 Å². The Balaban J connectivity index is 2.22. The molecule has 0 saturated carbocycles. The molecule has 0 spiro atoms. The highest BCUT2D eigenvalue weighted by Gasteiger charge is 2.22. The van der Waals surface area contributed by atoms with Crippen LogP contribution in [0.25, 0.3) is 0 Å². The number of nitrogens with zero attached hydrogens (tertiary/aromatic N) is 1. The van der Waals surface area contributed by atoms with E-state index in [2.05, 4.69) is 0 Å². The molecular weight excluding hydrogens is 233 g/mol. The van der Waals surface area contributed by atoms with Gasteiger partial charge in [0.05, 0.1) is 4.92 Å². The van der Waals surface area contributed by atoms with Crippen molar-refractivity contribution in [2.45, 2.75) is 0 Å². The normalized spacial score (nSPS) is 9.83. The Bertz CT molecular complexity index is 547. The Kier molecular flexibility index (Phi) is 3.59. The highest BCUT2D eigenvalue weighted by atomic mass is 16.6. The molecule has 0 aliphatic heterocycles. The fraction of sp³-hybridized carbons (Fsp3) is 0. The molecule has 0 heterocycles. The van der Waals surface area contributed by atoms with E-state index >= 15 is 0 Å². The number of nitro benzene ring substituents is 1. The highest BCUT2D eigenvalue weighted by molar-refractivity contribution is 6.60. The van der Waals surface area contributed by atoms with Gasteiger partial charge in [0.2, 0.25) is 0 Å². The summed E-state index contributed by atoms with van der Waals surface area (Å²) in [5.74, 6) is 0.0406. The molecule has 0 radical (unpaired) electrons. The van der Waals surface area contributed by atoms with E-state index in [1.54, 1.807) is 42.5 Å². The van der Waals surface area contributed by atoms with E-state index in [0.29, 0.717) is 5.46 Å². The van der Waals surface area contributed by atoms with Crippen LogP contribution in [-0.4, -0.2) is 17.1 Å². The zero-order valence-electron chi connectivity index (χ0n) is 9.39. The highest BCUT2D eigenvalue weighted by Crippen LogP contribution is 2.25. The predicted molar refractivity (Wildman–Crippen MR) is 67.8 cm³/mol. The van der Waals surface area contributed by atoms with Crippen LogP contribution in [0.15, 0.2) is 54.6 Å². The molecule has 90 valence electrons. The number of benzene rings is 2. The zero-order chi connectivity index (χ0) is 13.0. The molecule has 0 amide bonds. The second-order valence-electron chi connectivity index (χ2n) is 3.61. The lowest BCUT2D eigenvalue weighted by molar-refractivity contribution is -0.385. The van der Waals surface area contributed by atoms with Gasteiger partial charge in [0, 0.05) is 6.07 Å². The van der Waals surface area contributed by atoms with Crippen molar-refractivity contribution in [1.82, 2.24) is 0 Å². The number of rotatable bonds is 4. The van der Waals surface area contributed by atoms with E-state index < -0.39 is 12.0 Å². The summed E-state index contributed by atoms with van der Waals surface area (Å²) >= 11 is 0. The van der Waals surface area contributed by atoms with Gasteiger partial charge in [0.1, 0.15) is 0 Å². The topological polar surface area (TPSA) is 72.6 Å². The Labute approximate surface area is 104 Å². The third kappa shape index (κ3) is 2.67. The molecule has 2 aromatic rings. The largest absolute Gasteiger partial charge is 0.560 e. The lowest BCUT2D eigenvalue weighted by Crippen LogP contribution is -2.36. The Morgan fingerprint density at radius 3 is 2.33 bits per heavy atom. The minimum Gasteiger partial charge on any atom is -0.528 e. The monoisotopic (exact) mass is 243 g/mol. The number of hydrogen-bond donors (Lipinski definition) is 1. The minimum atomic E-state index is -1.23. The maximum atomic E-state index is 10.8. The molecule has 0 atom stereocenters. The summed E-state index contributed by atoms with van der Waals surface area (Å²) in [4.78, 5) is 10.2. The minimum absolute atomic E-state index is 0.0406.